The SMILES string of the molecule is CCc1c(C)nc2ccccc2c1NCCCNC(=O)C(C)C. The Morgan fingerprint density at radius 2 is 1.96 bits per heavy atom. The predicted octanol–water partition coefficient (Wildman–Crippen LogP) is 3.68. The van der Waals surface area contributed by atoms with Crippen molar-refractivity contribution in [1.82, 2.24) is 10.3 Å². The van der Waals surface area contributed by atoms with E-state index in [1.807, 2.05) is 26.0 Å². The fraction of sp³-hybridized carbons (Fsp3) is 0.474. The highest BCUT2D eigenvalue weighted by Gasteiger charge is 2.11. The molecule has 1 amide bonds. The quantitative estimate of drug-likeness (QED) is 0.767. The number of aryl methyl sites for hydroxylation is 1. The van der Waals surface area contributed by atoms with Gasteiger partial charge in [-0.2, -0.15) is 0 Å². The van der Waals surface area contributed by atoms with Crippen LogP contribution in [0.5, 0.6) is 0 Å². The minimum absolute atomic E-state index is 0.0430. The predicted molar refractivity (Wildman–Crippen MR) is 96.8 cm³/mol. The number of rotatable bonds is 7. The molecule has 2 aromatic rings. The maximum absolute atomic E-state index is 11.6. The summed E-state index contributed by atoms with van der Waals surface area (Å²) in [7, 11) is 0. The second kappa shape index (κ2) is 7.95. The molecule has 124 valence electrons. The highest BCUT2D eigenvalue weighted by atomic mass is 16.1. The van der Waals surface area contributed by atoms with Crippen LogP contribution in [0.25, 0.3) is 10.9 Å². The Hall–Kier alpha value is -2.10. The first-order valence-electron chi connectivity index (χ1n) is 8.44. The molecule has 0 fully saturated rings. The molecule has 2 rings (SSSR count). The van der Waals surface area contributed by atoms with Crippen LogP contribution in [0, 0.1) is 12.8 Å². The third-order valence-corrected chi connectivity index (χ3v) is 4.03. The van der Waals surface area contributed by atoms with Gasteiger partial charge in [0.15, 0.2) is 0 Å². The minimum Gasteiger partial charge on any atom is -0.384 e. The summed E-state index contributed by atoms with van der Waals surface area (Å²) in [4.78, 5) is 16.3. The molecule has 2 N–H and O–H groups in total. The smallest absolute Gasteiger partial charge is 0.222 e. The van der Waals surface area contributed by atoms with Crippen molar-refractivity contribution >= 4 is 22.5 Å². The largest absolute Gasteiger partial charge is 0.384 e. The normalized spacial score (nSPS) is 11.0. The molecule has 0 aliphatic carbocycles. The zero-order chi connectivity index (χ0) is 16.8. The number of aromatic nitrogens is 1. The fourth-order valence-electron chi connectivity index (χ4n) is 2.73. The first kappa shape index (κ1) is 17.3. The van der Waals surface area contributed by atoms with E-state index < -0.39 is 0 Å². The van der Waals surface area contributed by atoms with Crippen molar-refractivity contribution in [2.24, 2.45) is 5.92 Å². The van der Waals surface area contributed by atoms with Crippen molar-refractivity contribution in [1.29, 1.82) is 0 Å². The molecule has 4 nitrogen and oxygen atoms in total. The van der Waals surface area contributed by atoms with E-state index in [4.69, 9.17) is 4.98 Å². The van der Waals surface area contributed by atoms with Gasteiger partial charge in [-0.3, -0.25) is 9.78 Å². The van der Waals surface area contributed by atoms with Crippen LogP contribution in [0.4, 0.5) is 5.69 Å². The Morgan fingerprint density at radius 1 is 1.22 bits per heavy atom. The number of nitrogens with zero attached hydrogens (tertiary/aromatic N) is 1. The van der Waals surface area contributed by atoms with E-state index >= 15 is 0 Å². The molecular formula is C19H27N3O. The number of fused-ring (bicyclic) bond motifs is 1. The van der Waals surface area contributed by atoms with Gasteiger partial charge in [0.2, 0.25) is 5.91 Å². The first-order chi connectivity index (χ1) is 11.0. The van der Waals surface area contributed by atoms with Gasteiger partial charge in [0.05, 0.1) is 5.52 Å². The van der Waals surface area contributed by atoms with E-state index in [0.717, 1.165) is 30.6 Å². The van der Waals surface area contributed by atoms with Gasteiger partial charge >= 0.3 is 0 Å². The summed E-state index contributed by atoms with van der Waals surface area (Å²) in [6.07, 6.45) is 1.85. The van der Waals surface area contributed by atoms with Crippen LogP contribution in [0.3, 0.4) is 0 Å². The number of carbonyl (C=O) groups excluding carboxylic acids is 1. The van der Waals surface area contributed by atoms with Crippen molar-refractivity contribution in [2.75, 3.05) is 18.4 Å². The molecule has 1 aromatic heterocycles. The maximum atomic E-state index is 11.6. The van der Waals surface area contributed by atoms with E-state index in [1.165, 1.54) is 16.6 Å². The summed E-state index contributed by atoms with van der Waals surface area (Å²) in [6, 6.07) is 8.23. The van der Waals surface area contributed by atoms with Crippen LogP contribution in [0.2, 0.25) is 0 Å². The summed E-state index contributed by atoms with van der Waals surface area (Å²) < 4.78 is 0. The molecule has 1 heterocycles. The van der Waals surface area contributed by atoms with Gasteiger partial charge in [0.25, 0.3) is 0 Å². The molecule has 0 saturated carbocycles. The van der Waals surface area contributed by atoms with Gasteiger partial charge in [0.1, 0.15) is 0 Å². The fourth-order valence-corrected chi connectivity index (χ4v) is 2.73. The topological polar surface area (TPSA) is 54.0 Å². The second-order valence-electron chi connectivity index (χ2n) is 6.15. The lowest BCUT2D eigenvalue weighted by atomic mass is 10.0. The van der Waals surface area contributed by atoms with E-state index in [1.54, 1.807) is 0 Å². The molecule has 0 bridgehead atoms. The number of benzene rings is 1. The number of para-hydroxylation sites is 1. The standard InChI is InChI=1S/C19H27N3O/c1-5-15-14(4)22-17-10-7-6-9-16(17)18(15)20-11-8-12-21-19(23)13(2)3/h6-7,9-10,13H,5,8,11-12H2,1-4H3,(H,20,22)(H,21,23). The van der Waals surface area contributed by atoms with Gasteiger partial charge in [-0.15, -0.1) is 0 Å². The second-order valence-corrected chi connectivity index (χ2v) is 6.15. The molecule has 0 aliphatic heterocycles. The number of anilines is 1. The van der Waals surface area contributed by atoms with Crippen LogP contribution in [-0.2, 0) is 11.2 Å². The minimum atomic E-state index is 0.0430. The summed E-state index contributed by atoms with van der Waals surface area (Å²) in [5.74, 6) is 0.158. The average Bonchev–Trinajstić information content (AvgIpc) is 2.53. The maximum Gasteiger partial charge on any atom is 0.222 e. The molecule has 1 aromatic carbocycles. The molecule has 23 heavy (non-hydrogen) atoms. The Bertz CT molecular complexity index is 680. The third-order valence-electron chi connectivity index (χ3n) is 4.03. The van der Waals surface area contributed by atoms with Crippen molar-refractivity contribution in [3.8, 4) is 0 Å². The van der Waals surface area contributed by atoms with Crippen molar-refractivity contribution in [3.63, 3.8) is 0 Å². The number of carbonyl (C=O) groups is 1. The Morgan fingerprint density at radius 3 is 2.65 bits per heavy atom. The number of nitrogens with one attached hydrogen (secondary N) is 2. The summed E-state index contributed by atoms with van der Waals surface area (Å²) in [6.45, 7) is 9.58. The summed E-state index contributed by atoms with van der Waals surface area (Å²) in [5.41, 5.74) is 4.57. The lowest BCUT2D eigenvalue weighted by Crippen LogP contribution is -2.29. The molecule has 0 radical (unpaired) electrons. The van der Waals surface area contributed by atoms with E-state index in [-0.39, 0.29) is 11.8 Å². The lowest BCUT2D eigenvalue weighted by molar-refractivity contribution is -0.123. The van der Waals surface area contributed by atoms with Gasteiger partial charge in [-0.25, -0.2) is 0 Å². The van der Waals surface area contributed by atoms with Gasteiger partial charge in [-0.05, 0) is 31.4 Å². The Labute approximate surface area is 138 Å². The number of hydrogen-bond acceptors (Lipinski definition) is 3. The Kier molecular flexibility index (Phi) is 5.97. The molecule has 0 unspecified atom stereocenters. The molecule has 0 aliphatic rings. The molecular weight excluding hydrogens is 286 g/mol. The van der Waals surface area contributed by atoms with Crippen molar-refractivity contribution in [3.05, 3.63) is 35.5 Å². The first-order valence-corrected chi connectivity index (χ1v) is 8.44. The zero-order valence-corrected chi connectivity index (χ0v) is 14.6. The molecule has 0 spiro atoms. The number of hydrogen-bond donors (Lipinski definition) is 2. The highest BCUT2D eigenvalue weighted by molar-refractivity contribution is 5.93. The molecule has 0 atom stereocenters. The Balaban J connectivity index is 2.06. The van der Waals surface area contributed by atoms with Crippen LogP contribution in [-0.4, -0.2) is 24.0 Å². The molecule has 4 heteroatoms. The van der Waals surface area contributed by atoms with Gasteiger partial charge < -0.3 is 10.6 Å². The third kappa shape index (κ3) is 4.21. The number of pyridine rings is 1. The zero-order valence-electron chi connectivity index (χ0n) is 14.6. The van der Waals surface area contributed by atoms with E-state index in [0.29, 0.717) is 6.54 Å². The van der Waals surface area contributed by atoms with Crippen LogP contribution >= 0.6 is 0 Å². The van der Waals surface area contributed by atoms with Crippen molar-refractivity contribution in [2.45, 2.75) is 40.5 Å². The van der Waals surface area contributed by atoms with Crippen molar-refractivity contribution < 1.29 is 4.79 Å². The summed E-state index contributed by atoms with van der Waals surface area (Å²) >= 11 is 0. The molecule has 0 saturated heterocycles. The van der Waals surface area contributed by atoms with Gasteiger partial charge in [0, 0.05) is 35.8 Å². The average molecular weight is 313 g/mol. The summed E-state index contributed by atoms with van der Waals surface area (Å²) in [5, 5.41) is 7.68. The van der Waals surface area contributed by atoms with Crippen LogP contribution in [0.15, 0.2) is 24.3 Å². The highest BCUT2D eigenvalue weighted by Crippen LogP contribution is 2.28. The van der Waals surface area contributed by atoms with Crippen LogP contribution < -0.4 is 10.6 Å². The van der Waals surface area contributed by atoms with E-state index in [9.17, 15) is 4.79 Å². The lowest BCUT2D eigenvalue weighted by Gasteiger charge is -2.16. The van der Waals surface area contributed by atoms with Crippen LogP contribution in [0.1, 0.15) is 38.4 Å². The van der Waals surface area contributed by atoms with E-state index in [2.05, 4.69) is 36.6 Å². The van der Waals surface area contributed by atoms with Gasteiger partial charge in [-0.1, -0.05) is 39.0 Å². The monoisotopic (exact) mass is 313 g/mol. The number of amides is 1.